The summed E-state index contributed by atoms with van der Waals surface area (Å²) in [5, 5.41) is 50.6. The van der Waals surface area contributed by atoms with Gasteiger partial charge in [-0.05, 0) is 6.42 Å². The number of aliphatic hydroxyl groups excluding tert-OH is 5. The van der Waals surface area contributed by atoms with Crippen LogP contribution < -0.4 is 5.32 Å². The molecule has 7 heteroatoms. The van der Waals surface area contributed by atoms with Gasteiger partial charge in [0.25, 0.3) is 0 Å². The van der Waals surface area contributed by atoms with E-state index in [1.807, 2.05) is 0 Å². The predicted molar refractivity (Wildman–Crippen MR) is 75.3 cm³/mol. The van der Waals surface area contributed by atoms with Gasteiger partial charge in [0.1, 0.15) is 30.5 Å². The first-order valence-electron chi connectivity index (χ1n) is 7.59. The molecule has 2 unspecified atom stereocenters. The Hall–Kier alpha value is -0.730. The Morgan fingerprint density at radius 3 is 1.81 bits per heavy atom. The van der Waals surface area contributed by atoms with Crippen LogP contribution in [0, 0.1) is 0 Å². The van der Waals surface area contributed by atoms with Gasteiger partial charge in [0, 0.05) is 6.42 Å². The molecule has 6 atom stereocenters. The minimum atomic E-state index is -1.64. The van der Waals surface area contributed by atoms with E-state index in [0.717, 1.165) is 25.7 Å². The average molecular weight is 305 g/mol. The fourth-order valence-corrected chi connectivity index (χ4v) is 2.55. The van der Waals surface area contributed by atoms with E-state index in [0.29, 0.717) is 6.42 Å². The van der Waals surface area contributed by atoms with Crippen LogP contribution in [-0.2, 0) is 4.79 Å². The van der Waals surface area contributed by atoms with Crippen LogP contribution in [0.3, 0.4) is 0 Å². The molecule has 0 bridgehead atoms. The summed E-state index contributed by atoms with van der Waals surface area (Å²) >= 11 is 0. The molecule has 0 radical (unpaired) electrons. The van der Waals surface area contributed by atoms with Crippen molar-refractivity contribution in [2.24, 2.45) is 0 Å². The summed E-state index contributed by atoms with van der Waals surface area (Å²) in [4.78, 5) is 11.8. The molecule has 0 aromatic carbocycles. The molecule has 1 fully saturated rings. The van der Waals surface area contributed by atoms with Gasteiger partial charge in [0.15, 0.2) is 0 Å². The predicted octanol–water partition coefficient (Wildman–Crippen LogP) is -1.35. The van der Waals surface area contributed by atoms with Crippen LogP contribution in [0.5, 0.6) is 0 Å². The van der Waals surface area contributed by atoms with Crippen LogP contribution in [0.25, 0.3) is 0 Å². The summed E-state index contributed by atoms with van der Waals surface area (Å²) in [7, 11) is 0. The number of carbonyl (C=O) groups is 1. The molecule has 0 heterocycles. The Morgan fingerprint density at radius 2 is 1.29 bits per heavy atom. The van der Waals surface area contributed by atoms with E-state index >= 15 is 0 Å². The third-order valence-electron chi connectivity index (χ3n) is 3.97. The van der Waals surface area contributed by atoms with Crippen molar-refractivity contribution in [1.82, 2.24) is 5.32 Å². The minimum absolute atomic E-state index is 0.258. The summed E-state index contributed by atoms with van der Waals surface area (Å²) < 4.78 is 0. The normalized spacial score (nSPS) is 36.5. The maximum atomic E-state index is 11.8. The van der Waals surface area contributed by atoms with Crippen LogP contribution >= 0.6 is 0 Å². The highest BCUT2D eigenvalue weighted by atomic mass is 16.4. The SMILES string of the molecule is CCCCCCCC(=O)NC1[C@H](O)[C@H](O)C(O)[C@H](O)[C@H]1O. The Bertz CT molecular complexity index is 311. The topological polar surface area (TPSA) is 130 Å². The maximum absolute atomic E-state index is 11.8. The highest BCUT2D eigenvalue weighted by Gasteiger charge is 2.48. The molecule has 0 aliphatic heterocycles. The standard InChI is InChI=1S/C14H27NO6/c1-2-3-4-5-6-7-8(16)15-9-10(17)12(19)14(21)13(20)11(9)18/h9-14,17-21H,2-7H2,1H3,(H,15,16)/t9?,10-,11-,12-,13+,14?/m0/s1. The molecule has 1 aliphatic carbocycles. The van der Waals surface area contributed by atoms with Gasteiger partial charge in [-0.3, -0.25) is 4.79 Å². The first-order chi connectivity index (χ1) is 9.90. The van der Waals surface area contributed by atoms with Crippen molar-refractivity contribution < 1.29 is 30.3 Å². The molecular formula is C14H27NO6. The van der Waals surface area contributed by atoms with Crippen LogP contribution in [0.4, 0.5) is 0 Å². The number of aliphatic hydroxyl groups is 5. The van der Waals surface area contributed by atoms with Crippen LogP contribution in [-0.4, -0.2) is 68.0 Å². The highest BCUT2D eigenvalue weighted by molar-refractivity contribution is 5.76. The lowest BCUT2D eigenvalue weighted by atomic mass is 9.83. The monoisotopic (exact) mass is 305 g/mol. The van der Waals surface area contributed by atoms with E-state index < -0.39 is 36.6 Å². The molecule has 21 heavy (non-hydrogen) atoms. The summed E-state index contributed by atoms with van der Waals surface area (Å²) in [5.41, 5.74) is 0. The zero-order valence-corrected chi connectivity index (χ0v) is 12.4. The van der Waals surface area contributed by atoms with E-state index in [9.17, 15) is 30.3 Å². The van der Waals surface area contributed by atoms with E-state index in [-0.39, 0.29) is 12.3 Å². The second-order valence-electron chi connectivity index (χ2n) is 5.71. The summed E-state index contributed by atoms with van der Waals surface area (Å²) in [6.07, 6.45) is -2.72. The zero-order chi connectivity index (χ0) is 16.0. The minimum Gasteiger partial charge on any atom is -0.388 e. The van der Waals surface area contributed by atoms with Gasteiger partial charge in [-0.25, -0.2) is 0 Å². The lowest BCUT2D eigenvalue weighted by molar-refractivity contribution is -0.191. The smallest absolute Gasteiger partial charge is 0.220 e. The number of amides is 1. The Kier molecular flexibility index (Phi) is 7.55. The lowest BCUT2D eigenvalue weighted by Crippen LogP contribution is -2.68. The molecule has 1 aliphatic rings. The summed E-state index contributed by atoms with van der Waals surface area (Å²) in [6.45, 7) is 2.10. The highest BCUT2D eigenvalue weighted by Crippen LogP contribution is 2.21. The second-order valence-corrected chi connectivity index (χ2v) is 5.71. The number of hydrogen-bond donors (Lipinski definition) is 6. The van der Waals surface area contributed by atoms with Gasteiger partial charge < -0.3 is 30.8 Å². The molecule has 1 amide bonds. The molecule has 0 aromatic rings. The van der Waals surface area contributed by atoms with Crippen molar-refractivity contribution in [3.8, 4) is 0 Å². The van der Waals surface area contributed by atoms with Gasteiger partial charge >= 0.3 is 0 Å². The van der Waals surface area contributed by atoms with Crippen LogP contribution in [0.1, 0.15) is 45.4 Å². The molecule has 124 valence electrons. The quantitative estimate of drug-likeness (QED) is 0.323. The second kappa shape index (κ2) is 8.65. The van der Waals surface area contributed by atoms with Crippen molar-refractivity contribution in [2.45, 2.75) is 82.0 Å². The molecule has 1 saturated carbocycles. The average Bonchev–Trinajstić information content (AvgIpc) is 2.47. The number of hydrogen-bond acceptors (Lipinski definition) is 6. The summed E-state index contributed by atoms with van der Waals surface area (Å²) in [6, 6.07) is -1.19. The van der Waals surface area contributed by atoms with E-state index in [1.54, 1.807) is 0 Å². The maximum Gasteiger partial charge on any atom is 0.220 e. The number of nitrogens with one attached hydrogen (secondary N) is 1. The van der Waals surface area contributed by atoms with Crippen molar-refractivity contribution >= 4 is 5.91 Å². The van der Waals surface area contributed by atoms with Crippen LogP contribution in [0.2, 0.25) is 0 Å². The zero-order valence-electron chi connectivity index (χ0n) is 12.4. The van der Waals surface area contributed by atoms with Gasteiger partial charge in [-0.2, -0.15) is 0 Å². The Labute approximate surface area is 124 Å². The van der Waals surface area contributed by atoms with Crippen molar-refractivity contribution in [2.75, 3.05) is 0 Å². The Morgan fingerprint density at radius 1 is 0.810 bits per heavy atom. The molecule has 1 rings (SSSR count). The third-order valence-corrected chi connectivity index (χ3v) is 3.97. The van der Waals surface area contributed by atoms with E-state index in [1.165, 1.54) is 0 Å². The summed E-state index contributed by atoms with van der Waals surface area (Å²) in [5.74, 6) is -0.356. The molecule has 0 spiro atoms. The number of carbonyl (C=O) groups excluding carboxylic acids is 1. The largest absolute Gasteiger partial charge is 0.388 e. The van der Waals surface area contributed by atoms with E-state index in [4.69, 9.17) is 0 Å². The van der Waals surface area contributed by atoms with E-state index in [2.05, 4.69) is 12.2 Å². The molecular weight excluding hydrogens is 278 g/mol. The van der Waals surface area contributed by atoms with Crippen molar-refractivity contribution in [3.63, 3.8) is 0 Å². The fraction of sp³-hybridized carbons (Fsp3) is 0.929. The Balaban J connectivity index is 2.43. The van der Waals surface area contributed by atoms with Gasteiger partial charge in [0.05, 0.1) is 6.04 Å². The van der Waals surface area contributed by atoms with Gasteiger partial charge in [0.2, 0.25) is 5.91 Å². The molecule has 0 aromatic heterocycles. The molecule has 0 saturated heterocycles. The third kappa shape index (κ3) is 4.89. The van der Waals surface area contributed by atoms with Gasteiger partial charge in [-0.15, -0.1) is 0 Å². The van der Waals surface area contributed by atoms with Crippen LogP contribution in [0.15, 0.2) is 0 Å². The molecule has 7 nitrogen and oxygen atoms in total. The number of unbranched alkanes of at least 4 members (excludes halogenated alkanes) is 4. The van der Waals surface area contributed by atoms with Crippen molar-refractivity contribution in [1.29, 1.82) is 0 Å². The van der Waals surface area contributed by atoms with Crippen molar-refractivity contribution in [3.05, 3.63) is 0 Å². The first kappa shape index (κ1) is 18.3. The lowest BCUT2D eigenvalue weighted by Gasteiger charge is -2.42. The first-order valence-corrected chi connectivity index (χ1v) is 7.59. The molecule has 6 N–H and O–H groups in total. The number of rotatable bonds is 7. The fourth-order valence-electron chi connectivity index (χ4n) is 2.55. The van der Waals surface area contributed by atoms with Gasteiger partial charge in [-0.1, -0.05) is 32.6 Å².